The van der Waals surface area contributed by atoms with Crippen molar-refractivity contribution in [2.45, 2.75) is 26.2 Å². The van der Waals surface area contributed by atoms with Gasteiger partial charge < -0.3 is 5.32 Å². The van der Waals surface area contributed by atoms with E-state index in [0.717, 1.165) is 0 Å². The molecule has 0 fully saturated rings. The highest BCUT2D eigenvalue weighted by Crippen LogP contribution is 1.97. The molecule has 0 aromatic heterocycles. The number of carbonyl (C=O) groups excluding carboxylic acids is 2. The van der Waals surface area contributed by atoms with E-state index < -0.39 is 0 Å². The third-order valence-electron chi connectivity index (χ3n) is 1.62. The quantitative estimate of drug-likeness (QED) is 0.505. The molecule has 0 saturated carbocycles. The maximum absolute atomic E-state index is 11.0. The van der Waals surface area contributed by atoms with Crippen LogP contribution in [0.25, 0.3) is 0 Å². The summed E-state index contributed by atoms with van der Waals surface area (Å²) in [6.45, 7) is 5.61. The van der Waals surface area contributed by atoms with Gasteiger partial charge in [0.15, 0.2) is 5.78 Å². The minimum absolute atomic E-state index is 0.0135. The van der Waals surface area contributed by atoms with Crippen LogP contribution < -0.4 is 5.32 Å². The Morgan fingerprint density at radius 2 is 2.14 bits per heavy atom. The molecule has 0 aliphatic heterocycles. The number of allylic oxidation sites excluding steroid dienone is 1. The standard InChI is InChI=1S/C10H14N2O2/c1-8(2)9(13)4-3-7-12-10(14)5-6-11/h1,3-5,7H2,2H3,(H,12,14). The number of hydrogen-bond donors (Lipinski definition) is 1. The van der Waals surface area contributed by atoms with Gasteiger partial charge in [-0.15, -0.1) is 0 Å². The van der Waals surface area contributed by atoms with E-state index in [4.69, 9.17) is 5.26 Å². The highest BCUT2D eigenvalue weighted by atomic mass is 16.1. The van der Waals surface area contributed by atoms with E-state index in [1.54, 1.807) is 13.0 Å². The normalized spacial score (nSPS) is 8.86. The summed E-state index contributed by atoms with van der Waals surface area (Å²) in [6.07, 6.45) is 0.847. The molecular formula is C10H14N2O2. The predicted molar refractivity (Wildman–Crippen MR) is 52.3 cm³/mol. The first kappa shape index (κ1) is 12.4. The molecule has 0 aromatic carbocycles. The molecule has 4 heteroatoms. The minimum Gasteiger partial charge on any atom is -0.355 e. The van der Waals surface area contributed by atoms with Crippen molar-refractivity contribution in [2.75, 3.05) is 6.54 Å². The van der Waals surface area contributed by atoms with Gasteiger partial charge in [0.25, 0.3) is 0 Å². The molecule has 0 spiro atoms. The Morgan fingerprint density at radius 1 is 1.50 bits per heavy atom. The van der Waals surface area contributed by atoms with Crippen molar-refractivity contribution in [2.24, 2.45) is 0 Å². The van der Waals surface area contributed by atoms with Gasteiger partial charge in [0.1, 0.15) is 6.42 Å². The molecule has 0 bridgehead atoms. The number of hydrogen-bond acceptors (Lipinski definition) is 3. The lowest BCUT2D eigenvalue weighted by Crippen LogP contribution is -2.24. The fourth-order valence-electron chi connectivity index (χ4n) is 0.824. The summed E-state index contributed by atoms with van der Waals surface area (Å²) < 4.78 is 0. The Hall–Kier alpha value is -1.63. The zero-order valence-electron chi connectivity index (χ0n) is 8.30. The van der Waals surface area contributed by atoms with Crippen molar-refractivity contribution >= 4 is 11.7 Å². The molecule has 0 saturated heterocycles. The second-order valence-corrected chi connectivity index (χ2v) is 2.99. The largest absolute Gasteiger partial charge is 0.355 e. The molecular weight excluding hydrogens is 180 g/mol. The summed E-state index contributed by atoms with van der Waals surface area (Å²) in [5.41, 5.74) is 0.536. The molecule has 0 heterocycles. The van der Waals surface area contributed by atoms with Gasteiger partial charge in [0, 0.05) is 13.0 Å². The number of ketones is 1. The number of nitrogens with one attached hydrogen (secondary N) is 1. The van der Waals surface area contributed by atoms with Gasteiger partial charge in [-0.2, -0.15) is 5.26 Å². The van der Waals surface area contributed by atoms with Crippen LogP contribution in [0.2, 0.25) is 0 Å². The van der Waals surface area contributed by atoms with Gasteiger partial charge in [0.2, 0.25) is 5.91 Å². The van der Waals surface area contributed by atoms with Crippen LogP contribution in [0.4, 0.5) is 0 Å². The average Bonchev–Trinajstić information content (AvgIpc) is 2.12. The van der Waals surface area contributed by atoms with E-state index in [1.807, 2.05) is 0 Å². The summed E-state index contributed by atoms with van der Waals surface area (Å²) in [4.78, 5) is 21.8. The number of nitrogens with zero attached hydrogens (tertiary/aromatic N) is 1. The smallest absolute Gasteiger partial charge is 0.234 e. The first-order chi connectivity index (χ1) is 6.57. The molecule has 0 aromatic rings. The Balaban J connectivity index is 3.48. The Kier molecular flexibility index (Phi) is 6.04. The number of Topliss-reactive ketones (excluding diaryl/α,β-unsaturated/α-hetero) is 1. The Morgan fingerprint density at radius 3 is 2.64 bits per heavy atom. The summed E-state index contributed by atoms with van der Waals surface area (Å²) in [6, 6.07) is 1.74. The Bertz CT molecular complexity index is 276. The van der Waals surface area contributed by atoms with E-state index in [2.05, 4.69) is 11.9 Å². The maximum Gasteiger partial charge on any atom is 0.234 e. The first-order valence-electron chi connectivity index (χ1n) is 4.40. The lowest BCUT2D eigenvalue weighted by Gasteiger charge is -2.01. The summed E-state index contributed by atoms with van der Waals surface area (Å²) >= 11 is 0. The molecule has 0 aliphatic rings. The minimum atomic E-state index is -0.296. The molecule has 0 radical (unpaired) electrons. The van der Waals surface area contributed by atoms with Crippen LogP contribution in [0, 0.1) is 11.3 Å². The molecule has 1 N–H and O–H groups in total. The molecule has 0 aliphatic carbocycles. The molecule has 4 nitrogen and oxygen atoms in total. The van der Waals surface area contributed by atoms with E-state index >= 15 is 0 Å². The zero-order chi connectivity index (χ0) is 11.0. The van der Waals surface area contributed by atoms with Crippen LogP contribution in [-0.2, 0) is 9.59 Å². The van der Waals surface area contributed by atoms with Gasteiger partial charge in [-0.25, -0.2) is 0 Å². The number of nitriles is 1. The first-order valence-corrected chi connectivity index (χ1v) is 4.40. The molecule has 14 heavy (non-hydrogen) atoms. The van der Waals surface area contributed by atoms with Crippen molar-refractivity contribution in [1.82, 2.24) is 5.32 Å². The van der Waals surface area contributed by atoms with E-state index in [1.165, 1.54) is 0 Å². The second-order valence-electron chi connectivity index (χ2n) is 2.99. The summed E-state index contributed by atoms with van der Waals surface area (Å²) in [5, 5.41) is 10.7. The zero-order valence-corrected chi connectivity index (χ0v) is 8.30. The summed E-state index contributed by atoms with van der Waals surface area (Å²) in [5.74, 6) is -0.283. The average molecular weight is 194 g/mol. The van der Waals surface area contributed by atoms with Crippen molar-refractivity contribution < 1.29 is 9.59 Å². The molecule has 0 unspecified atom stereocenters. The molecule has 0 atom stereocenters. The van der Waals surface area contributed by atoms with Crippen LogP contribution >= 0.6 is 0 Å². The third-order valence-corrected chi connectivity index (χ3v) is 1.62. The van der Waals surface area contributed by atoms with Crippen molar-refractivity contribution in [3.05, 3.63) is 12.2 Å². The van der Waals surface area contributed by atoms with Gasteiger partial charge in [-0.05, 0) is 18.9 Å². The van der Waals surface area contributed by atoms with Crippen LogP contribution in [0.1, 0.15) is 26.2 Å². The van der Waals surface area contributed by atoms with Crippen LogP contribution in [0.5, 0.6) is 0 Å². The summed E-state index contributed by atoms with van der Waals surface area (Å²) in [7, 11) is 0. The van der Waals surface area contributed by atoms with E-state index in [0.29, 0.717) is 25.0 Å². The predicted octanol–water partition coefficient (Wildman–Crippen LogP) is 0.942. The number of amides is 1. The second kappa shape index (κ2) is 6.84. The van der Waals surface area contributed by atoms with Gasteiger partial charge >= 0.3 is 0 Å². The van der Waals surface area contributed by atoms with Crippen molar-refractivity contribution in [3.8, 4) is 6.07 Å². The van der Waals surface area contributed by atoms with Crippen molar-refractivity contribution in [3.63, 3.8) is 0 Å². The number of rotatable bonds is 6. The fourth-order valence-corrected chi connectivity index (χ4v) is 0.824. The van der Waals surface area contributed by atoms with Crippen LogP contribution in [0.3, 0.4) is 0 Å². The number of carbonyl (C=O) groups is 2. The fraction of sp³-hybridized carbons (Fsp3) is 0.500. The van der Waals surface area contributed by atoms with Crippen LogP contribution in [0.15, 0.2) is 12.2 Å². The highest BCUT2D eigenvalue weighted by molar-refractivity contribution is 5.94. The SMILES string of the molecule is C=C(C)C(=O)CCCNC(=O)CC#N. The van der Waals surface area contributed by atoms with E-state index in [9.17, 15) is 9.59 Å². The highest BCUT2D eigenvalue weighted by Gasteiger charge is 2.02. The third kappa shape index (κ3) is 5.95. The molecule has 0 rings (SSSR count). The van der Waals surface area contributed by atoms with Gasteiger partial charge in [-0.3, -0.25) is 9.59 Å². The Labute approximate surface area is 83.6 Å². The lowest BCUT2D eigenvalue weighted by atomic mass is 10.1. The van der Waals surface area contributed by atoms with Crippen LogP contribution in [-0.4, -0.2) is 18.2 Å². The topological polar surface area (TPSA) is 70.0 Å². The lowest BCUT2D eigenvalue weighted by molar-refractivity contribution is -0.120. The van der Waals surface area contributed by atoms with Crippen molar-refractivity contribution in [1.29, 1.82) is 5.26 Å². The molecule has 1 amide bonds. The monoisotopic (exact) mass is 194 g/mol. The van der Waals surface area contributed by atoms with Gasteiger partial charge in [0.05, 0.1) is 6.07 Å². The maximum atomic E-state index is 11.0. The molecule has 76 valence electrons. The van der Waals surface area contributed by atoms with Gasteiger partial charge in [-0.1, -0.05) is 6.58 Å². The van der Waals surface area contributed by atoms with E-state index in [-0.39, 0.29) is 18.1 Å².